The molecule has 3 heterocycles. The highest BCUT2D eigenvalue weighted by Crippen LogP contribution is 2.47. The van der Waals surface area contributed by atoms with Crippen LogP contribution in [0.4, 0.5) is 5.69 Å². The van der Waals surface area contributed by atoms with Gasteiger partial charge in [-0.25, -0.2) is 4.68 Å². The molecule has 8 heteroatoms. The highest BCUT2D eigenvalue weighted by atomic mass is 16.2. The molecule has 8 nitrogen and oxygen atoms in total. The summed E-state index contributed by atoms with van der Waals surface area (Å²) in [5.74, 6) is 0.0472. The van der Waals surface area contributed by atoms with Crippen LogP contribution in [0, 0.1) is 11.3 Å². The van der Waals surface area contributed by atoms with Gasteiger partial charge in [-0.05, 0) is 56.5 Å². The average Bonchev–Trinajstić information content (AvgIpc) is 3.63. The minimum absolute atomic E-state index is 0.0302. The minimum Gasteiger partial charge on any atom is -0.350 e. The number of carbonyl (C=O) groups is 2. The van der Waals surface area contributed by atoms with Crippen LogP contribution >= 0.6 is 0 Å². The molecule has 0 bridgehead atoms. The first kappa shape index (κ1) is 23.2. The van der Waals surface area contributed by atoms with Gasteiger partial charge in [-0.2, -0.15) is 5.10 Å². The van der Waals surface area contributed by atoms with E-state index >= 15 is 0 Å². The van der Waals surface area contributed by atoms with Gasteiger partial charge in [0.1, 0.15) is 0 Å². The van der Waals surface area contributed by atoms with E-state index in [1.807, 2.05) is 67.3 Å². The number of nitrogens with zero attached hydrogens (tertiary/aromatic N) is 4. The standard InChI is InChI=1S/C29H29N5O3/c1-29(2)26(31-27(36)19-9-10-19)25(18-7-5-4-6-8-18)33(28(29)37)21-11-13-23-20(15-21)16-30-34(23)22-12-14-24(35)32(3)17-22/h4-8,11-17,19,25-26H,9-10H2,1-3H3,(H,31,36)/t25-,26-/m0/s1. The lowest BCUT2D eigenvalue weighted by Gasteiger charge is -2.31. The molecule has 2 atom stereocenters. The third kappa shape index (κ3) is 3.84. The molecular weight excluding hydrogens is 466 g/mol. The second-order valence-electron chi connectivity index (χ2n) is 10.6. The highest BCUT2D eigenvalue weighted by molar-refractivity contribution is 6.03. The third-order valence-corrected chi connectivity index (χ3v) is 7.67. The van der Waals surface area contributed by atoms with Crippen LogP contribution in [0.1, 0.15) is 38.3 Å². The maximum Gasteiger partial charge on any atom is 0.250 e. The summed E-state index contributed by atoms with van der Waals surface area (Å²) in [6.45, 7) is 3.83. The fourth-order valence-electron chi connectivity index (χ4n) is 5.34. The molecule has 0 radical (unpaired) electrons. The van der Waals surface area contributed by atoms with Gasteiger partial charge < -0.3 is 14.8 Å². The van der Waals surface area contributed by atoms with Crippen LogP contribution in [0.2, 0.25) is 0 Å². The van der Waals surface area contributed by atoms with E-state index in [1.54, 1.807) is 30.2 Å². The smallest absolute Gasteiger partial charge is 0.250 e. The summed E-state index contributed by atoms with van der Waals surface area (Å²) >= 11 is 0. The number of nitrogens with one attached hydrogen (secondary N) is 1. The summed E-state index contributed by atoms with van der Waals surface area (Å²) in [6.07, 6.45) is 5.32. The molecule has 6 rings (SSSR count). The zero-order valence-corrected chi connectivity index (χ0v) is 21.1. The first-order valence-corrected chi connectivity index (χ1v) is 12.6. The van der Waals surface area contributed by atoms with E-state index in [2.05, 4.69) is 10.4 Å². The van der Waals surface area contributed by atoms with Crippen molar-refractivity contribution in [3.63, 3.8) is 0 Å². The lowest BCUT2D eigenvalue weighted by molar-refractivity contribution is -0.126. The molecule has 2 fully saturated rings. The van der Waals surface area contributed by atoms with Crippen LogP contribution in [0.3, 0.4) is 0 Å². The molecule has 1 aliphatic carbocycles. The van der Waals surface area contributed by atoms with Crippen molar-refractivity contribution in [3.8, 4) is 5.69 Å². The summed E-state index contributed by atoms with van der Waals surface area (Å²) in [6, 6.07) is 18.3. The molecule has 188 valence electrons. The Balaban J connectivity index is 1.43. The average molecular weight is 496 g/mol. The van der Waals surface area contributed by atoms with Crippen LogP contribution in [0.15, 0.2) is 77.9 Å². The molecule has 0 unspecified atom stereocenters. The van der Waals surface area contributed by atoms with Crippen molar-refractivity contribution in [1.82, 2.24) is 19.7 Å². The number of amides is 2. The fourth-order valence-corrected chi connectivity index (χ4v) is 5.34. The monoisotopic (exact) mass is 495 g/mol. The number of aromatic nitrogens is 3. The zero-order chi connectivity index (χ0) is 25.9. The van der Waals surface area contributed by atoms with Crippen molar-refractivity contribution in [1.29, 1.82) is 0 Å². The van der Waals surface area contributed by atoms with Crippen LogP contribution < -0.4 is 15.8 Å². The lowest BCUT2D eigenvalue weighted by atomic mass is 9.82. The van der Waals surface area contributed by atoms with E-state index in [9.17, 15) is 14.4 Å². The van der Waals surface area contributed by atoms with Crippen molar-refractivity contribution in [3.05, 3.63) is 89.0 Å². The minimum atomic E-state index is -0.793. The lowest BCUT2D eigenvalue weighted by Crippen LogP contribution is -2.46. The molecule has 37 heavy (non-hydrogen) atoms. The molecule has 1 N–H and O–H groups in total. The van der Waals surface area contributed by atoms with Crippen LogP contribution in [-0.4, -0.2) is 32.2 Å². The van der Waals surface area contributed by atoms with Gasteiger partial charge in [0, 0.05) is 36.3 Å². The Morgan fingerprint density at radius 1 is 1.00 bits per heavy atom. The number of aryl methyl sites for hydroxylation is 1. The highest BCUT2D eigenvalue weighted by Gasteiger charge is 2.55. The molecule has 2 aliphatic rings. The number of hydrogen-bond acceptors (Lipinski definition) is 4. The molecular formula is C29H29N5O3. The van der Waals surface area contributed by atoms with Gasteiger partial charge in [0.25, 0.3) is 0 Å². The number of rotatable bonds is 5. The van der Waals surface area contributed by atoms with Crippen molar-refractivity contribution < 1.29 is 9.59 Å². The topological polar surface area (TPSA) is 89.2 Å². The quantitative estimate of drug-likeness (QED) is 0.457. The largest absolute Gasteiger partial charge is 0.350 e. The van der Waals surface area contributed by atoms with Gasteiger partial charge >= 0.3 is 0 Å². The molecule has 1 saturated heterocycles. The van der Waals surface area contributed by atoms with Gasteiger partial charge in [0.05, 0.1) is 34.9 Å². The number of hydrogen-bond donors (Lipinski definition) is 1. The van der Waals surface area contributed by atoms with Crippen LogP contribution in [-0.2, 0) is 16.6 Å². The summed E-state index contributed by atoms with van der Waals surface area (Å²) < 4.78 is 3.30. The normalized spacial score (nSPS) is 20.9. The Hall–Kier alpha value is -4.20. The van der Waals surface area contributed by atoms with Crippen LogP contribution in [0.25, 0.3) is 16.6 Å². The Morgan fingerprint density at radius 2 is 1.73 bits per heavy atom. The van der Waals surface area contributed by atoms with Gasteiger partial charge in [-0.15, -0.1) is 0 Å². The van der Waals surface area contributed by atoms with Gasteiger partial charge in [-0.1, -0.05) is 30.3 Å². The molecule has 1 saturated carbocycles. The van der Waals surface area contributed by atoms with Crippen LogP contribution in [0.5, 0.6) is 0 Å². The first-order chi connectivity index (χ1) is 17.8. The van der Waals surface area contributed by atoms with Crippen molar-refractivity contribution >= 4 is 28.4 Å². The van der Waals surface area contributed by atoms with E-state index in [1.165, 1.54) is 10.6 Å². The van der Waals surface area contributed by atoms with Crippen molar-refractivity contribution in [2.24, 2.45) is 18.4 Å². The van der Waals surface area contributed by atoms with E-state index in [0.717, 1.165) is 40.7 Å². The first-order valence-electron chi connectivity index (χ1n) is 12.6. The second-order valence-corrected chi connectivity index (χ2v) is 10.6. The number of anilines is 1. The van der Waals surface area contributed by atoms with Gasteiger partial charge in [0.2, 0.25) is 17.4 Å². The maximum atomic E-state index is 13.9. The number of carbonyl (C=O) groups excluding carboxylic acids is 2. The number of pyridine rings is 1. The van der Waals surface area contributed by atoms with Crippen molar-refractivity contribution in [2.75, 3.05) is 4.90 Å². The molecule has 2 aromatic carbocycles. The SMILES string of the molecule is Cn1cc(-n2ncc3cc(N4C(=O)C(C)(C)[C@@H](NC(=O)C5CC5)[C@@H]4c4ccccc4)ccc32)ccc1=O. The summed E-state index contributed by atoms with van der Waals surface area (Å²) in [7, 11) is 1.71. The Morgan fingerprint density at radius 3 is 2.43 bits per heavy atom. The molecule has 4 aromatic rings. The second kappa shape index (κ2) is 8.44. The Labute approximate surface area is 214 Å². The Kier molecular flexibility index (Phi) is 5.29. The zero-order valence-electron chi connectivity index (χ0n) is 21.1. The fraction of sp³-hybridized carbons (Fsp3) is 0.310. The van der Waals surface area contributed by atoms with E-state index in [4.69, 9.17) is 0 Å². The van der Waals surface area contributed by atoms with Crippen molar-refractivity contribution in [2.45, 2.75) is 38.8 Å². The van der Waals surface area contributed by atoms with E-state index in [-0.39, 0.29) is 35.4 Å². The van der Waals surface area contributed by atoms with Gasteiger partial charge in [-0.3, -0.25) is 14.4 Å². The maximum absolute atomic E-state index is 13.9. The van der Waals surface area contributed by atoms with E-state index in [0.29, 0.717) is 0 Å². The molecule has 1 aliphatic heterocycles. The number of benzene rings is 2. The summed E-state index contributed by atoms with van der Waals surface area (Å²) in [4.78, 5) is 40.5. The third-order valence-electron chi connectivity index (χ3n) is 7.67. The molecule has 0 spiro atoms. The van der Waals surface area contributed by atoms with E-state index < -0.39 is 5.41 Å². The Bertz CT molecular complexity index is 1580. The molecule has 2 aromatic heterocycles. The van der Waals surface area contributed by atoms with Gasteiger partial charge in [0.15, 0.2) is 0 Å². The summed E-state index contributed by atoms with van der Waals surface area (Å²) in [5, 5.41) is 8.66. The predicted octanol–water partition coefficient (Wildman–Crippen LogP) is 3.73. The summed E-state index contributed by atoms with van der Waals surface area (Å²) in [5.41, 5.74) is 2.48. The predicted molar refractivity (Wildman–Crippen MR) is 141 cm³/mol. The molecule has 2 amide bonds. The number of fused-ring (bicyclic) bond motifs is 1.